The first-order valence-corrected chi connectivity index (χ1v) is 6.87. The van der Waals surface area contributed by atoms with Crippen molar-refractivity contribution in [1.82, 2.24) is 10.6 Å². The van der Waals surface area contributed by atoms with Crippen molar-refractivity contribution >= 4 is 18.0 Å². The monoisotopic (exact) mass is 304 g/mol. The second-order valence-corrected chi connectivity index (χ2v) is 4.95. The molecular formula is C13H24N2O6. The minimum atomic E-state index is -1.27. The summed E-state index contributed by atoms with van der Waals surface area (Å²) in [5, 5.41) is 22.4. The number of carboxylic acids is 2. The van der Waals surface area contributed by atoms with Gasteiger partial charge in [-0.2, -0.15) is 0 Å². The average Bonchev–Trinajstić information content (AvgIpc) is 2.38. The van der Waals surface area contributed by atoms with Crippen LogP contribution in [-0.2, 0) is 14.3 Å². The summed E-state index contributed by atoms with van der Waals surface area (Å²) in [6, 6.07) is -2.13. The van der Waals surface area contributed by atoms with E-state index in [4.69, 9.17) is 14.9 Å². The number of amides is 2. The van der Waals surface area contributed by atoms with Crippen molar-refractivity contribution in [3.63, 3.8) is 0 Å². The largest absolute Gasteiger partial charge is 0.481 e. The van der Waals surface area contributed by atoms with Crippen molar-refractivity contribution in [2.75, 3.05) is 13.2 Å². The zero-order valence-corrected chi connectivity index (χ0v) is 12.6. The summed E-state index contributed by atoms with van der Waals surface area (Å²) >= 11 is 0. The fraction of sp³-hybridized carbons (Fsp3) is 0.769. The van der Waals surface area contributed by atoms with Gasteiger partial charge >= 0.3 is 18.0 Å². The lowest BCUT2D eigenvalue weighted by Crippen LogP contribution is -2.51. The fourth-order valence-electron chi connectivity index (χ4n) is 1.54. The number of carboxylic acid groups (broad SMARTS) is 2. The predicted molar refractivity (Wildman–Crippen MR) is 75.1 cm³/mol. The normalized spacial score (nSPS) is 13.5. The Morgan fingerprint density at radius 2 is 1.76 bits per heavy atom. The Balaban J connectivity index is 4.45. The molecule has 0 aromatic carbocycles. The van der Waals surface area contributed by atoms with Gasteiger partial charge in [0.2, 0.25) is 0 Å². The molecule has 0 aliphatic carbocycles. The number of aliphatic carboxylic acids is 2. The van der Waals surface area contributed by atoms with Crippen LogP contribution in [0.3, 0.4) is 0 Å². The van der Waals surface area contributed by atoms with Gasteiger partial charge in [0.1, 0.15) is 6.04 Å². The molecule has 0 fully saturated rings. The van der Waals surface area contributed by atoms with Crippen LogP contribution in [0, 0.1) is 5.92 Å². The number of hydrogen-bond acceptors (Lipinski definition) is 4. The molecular weight excluding hydrogens is 280 g/mol. The Labute approximate surface area is 123 Å². The lowest BCUT2D eigenvalue weighted by Gasteiger charge is -2.23. The molecule has 4 N–H and O–H groups in total. The first-order valence-electron chi connectivity index (χ1n) is 6.87. The van der Waals surface area contributed by atoms with E-state index in [2.05, 4.69) is 10.6 Å². The molecule has 0 saturated heterocycles. The number of carbonyl (C=O) groups is 3. The number of carbonyl (C=O) groups excluding carboxylic acids is 1. The van der Waals surface area contributed by atoms with E-state index in [0.29, 0.717) is 13.2 Å². The lowest BCUT2D eigenvalue weighted by atomic mass is 10.1. The van der Waals surface area contributed by atoms with Gasteiger partial charge in [0.05, 0.1) is 12.6 Å². The van der Waals surface area contributed by atoms with Gasteiger partial charge in [-0.25, -0.2) is 9.59 Å². The molecule has 2 unspecified atom stereocenters. The van der Waals surface area contributed by atoms with E-state index in [1.165, 1.54) is 0 Å². The Morgan fingerprint density at radius 3 is 2.19 bits per heavy atom. The highest BCUT2D eigenvalue weighted by molar-refractivity contribution is 5.83. The van der Waals surface area contributed by atoms with Gasteiger partial charge < -0.3 is 25.6 Å². The van der Waals surface area contributed by atoms with Gasteiger partial charge in [-0.15, -0.1) is 0 Å². The summed E-state index contributed by atoms with van der Waals surface area (Å²) in [5.41, 5.74) is 0. The van der Waals surface area contributed by atoms with Crippen molar-refractivity contribution in [3.05, 3.63) is 0 Å². The first kappa shape index (κ1) is 19.2. The molecule has 0 aromatic rings. The second kappa shape index (κ2) is 9.98. The Bertz CT molecular complexity index is 359. The van der Waals surface area contributed by atoms with E-state index >= 15 is 0 Å². The number of ether oxygens (including phenoxy) is 1. The average molecular weight is 304 g/mol. The van der Waals surface area contributed by atoms with Crippen molar-refractivity contribution in [2.45, 2.75) is 45.7 Å². The van der Waals surface area contributed by atoms with Crippen LogP contribution in [0.4, 0.5) is 4.79 Å². The summed E-state index contributed by atoms with van der Waals surface area (Å²) in [6.07, 6.45) is -0.500. The molecule has 2 amide bonds. The number of nitrogens with one attached hydrogen (secondary N) is 2. The highest BCUT2D eigenvalue weighted by Crippen LogP contribution is 2.03. The Morgan fingerprint density at radius 1 is 1.14 bits per heavy atom. The van der Waals surface area contributed by atoms with Crippen LogP contribution < -0.4 is 10.6 Å². The first-order chi connectivity index (χ1) is 9.77. The number of rotatable bonds is 10. The fourth-order valence-corrected chi connectivity index (χ4v) is 1.54. The topological polar surface area (TPSA) is 125 Å². The van der Waals surface area contributed by atoms with Crippen LogP contribution in [-0.4, -0.2) is 53.5 Å². The van der Waals surface area contributed by atoms with Gasteiger partial charge in [-0.3, -0.25) is 4.79 Å². The molecule has 0 heterocycles. The van der Waals surface area contributed by atoms with E-state index < -0.39 is 24.0 Å². The van der Waals surface area contributed by atoms with Crippen molar-refractivity contribution in [1.29, 1.82) is 0 Å². The van der Waals surface area contributed by atoms with Gasteiger partial charge in [-0.1, -0.05) is 13.8 Å². The number of urea groups is 1. The van der Waals surface area contributed by atoms with Crippen molar-refractivity contribution < 1.29 is 29.3 Å². The van der Waals surface area contributed by atoms with E-state index in [0.717, 1.165) is 0 Å². The molecule has 0 aliphatic rings. The molecule has 0 aliphatic heterocycles. The third-order valence-corrected chi connectivity index (χ3v) is 2.87. The molecule has 2 atom stereocenters. The van der Waals surface area contributed by atoms with Gasteiger partial charge in [0.25, 0.3) is 0 Å². The van der Waals surface area contributed by atoms with Crippen LogP contribution in [0.5, 0.6) is 0 Å². The van der Waals surface area contributed by atoms with Crippen LogP contribution in [0.2, 0.25) is 0 Å². The zero-order chi connectivity index (χ0) is 16.4. The highest BCUT2D eigenvalue weighted by Gasteiger charge is 2.23. The predicted octanol–water partition coefficient (Wildman–Crippen LogP) is 0.665. The number of hydrogen-bond donors (Lipinski definition) is 4. The molecule has 0 spiro atoms. The van der Waals surface area contributed by atoms with Crippen molar-refractivity contribution in [2.24, 2.45) is 5.92 Å². The maximum Gasteiger partial charge on any atom is 0.326 e. The SMILES string of the molecule is CCOCC(NC(=O)NC(CCC(=O)O)C(=O)O)C(C)C. The lowest BCUT2D eigenvalue weighted by molar-refractivity contribution is -0.140. The summed E-state index contributed by atoms with van der Waals surface area (Å²) in [4.78, 5) is 33.2. The van der Waals surface area contributed by atoms with E-state index in [1.807, 2.05) is 20.8 Å². The summed E-state index contributed by atoms with van der Waals surface area (Å²) in [7, 11) is 0. The summed E-state index contributed by atoms with van der Waals surface area (Å²) in [5.74, 6) is -2.26. The molecule has 21 heavy (non-hydrogen) atoms. The summed E-state index contributed by atoms with van der Waals surface area (Å²) in [6.45, 7) is 6.49. The second-order valence-electron chi connectivity index (χ2n) is 4.95. The standard InChI is InChI=1S/C13H24N2O6/c1-4-21-7-10(8(2)3)15-13(20)14-9(12(18)19)5-6-11(16)17/h8-10H,4-7H2,1-3H3,(H,16,17)(H,18,19)(H2,14,15,20). The van der Waals surface area contributed by atoms with E-state index in [9.17, 15) is 14.4 Å². The zero-order valence-electron chi connectivity index (χ0n) is 12.6. The quantitative estimate of drug-likeness (QED) is 0.470. The maximum absolute atomic E-state index is 11.8. The molecule has 122 valence electrons. The maximum atomic E-state index is 11.8. The third kappa shape index (κ3) is 8.85. The molecule has 0 bridgehead atoms. The Kier molecular flexibility index (Phi) is 9.11. The summed E-state index contributed by atoms with van der Waals surface area (Å²) < 4.78 is 5.25. The van der Waals surface area contributed by atoms with Crippen LogP contribution in [0.25, 0.3) is 0 Å². The molecule has 0 aromatic heterocycles. The van der Waals surface area contributed by atoms with Gasteiger partial charge in [0, 0.05) is 13.0 Å². The van der Waals surface area contributed by atoms with Crippen LogP contribution in [0.1, 0.15) is 33.6 Å². The molecule has 0 saturated carbocycles. The van der Waals surface area contributed by atoms with E-state index in [-0.39, 0.29) is 24.8 Å². The molecule has 8 nitrogen and oxygen atoms in total. The Hall–Kier alpha value is -1.83. The molecule has 0 radical (unpaired) electrons. The molecule has 0 rings (SSSR count). The van der Waals surface area contributed by atoms with E-state index in [1.54, 1.807) is 0 Å². The van der Waals surface area contributed by atoms with Gasteiger partial charge in [0.15, 0.2) is 0 Å². The highest BCUT2D eigenvalue weighted by atomic mass is 16.5. The minimum absolute atomic E-state index is 0.115. The van der Waals surface area contributed by atoms with Crippen molar-refractivity contribution in [3.8, 4) is 0 Å². The smallest absolute Gasteiger partial charge is 0.326 e. The van der Waals surface area contributed by atoms with Crippen LogP contribution in [0.15, 0.2) is 0 Å². The van der Waals surface area contributed by atoms with Gasteiger partial charge in [-0.05, 0) is 19.3 Å². The van der Waals surface area contributed by atoms with Crippen LogP contribution >= 0.6 is 0 Å². The third-order valence-electron chi connectivity index (χ3n) is 2.87. The molecule has 8 heteroatoms. The minimum Gasteiger partial charge on any atom is -0.481 e.